The lowest BCUT2D eigenvalue weighted by molar-refractivity contribution is -0.385. The molecule has 248 valence electrons. The molecular weight excluding hydrogens is 608 g/mol. The lowest BCUT2D eigenvalue weighted by Gasteiger charge is -2.22. The predicted octanol–water partition coefficient (Wildman–Crippen LogP) is 4.02. The molecule has 3 N–H and O–H groups in total. The average molecular weight is 645 g/mol. The molecule has 2 rings (SSSR count). The first-order valence-electron chi connectivity index (χ1n) is 13.6. The summed E-state index contributed by atoms with van der Waals surface area (Å²) in [6, 6.07) is 8.79. The van der Waals surface area contributed by atoms with Gasteiger partial charge < -0.3 is 30.7 Å². The quantitative estimate of drug-likeness (QED) is 0.103. The maximum Gasteiger partial charge on any atom is 0.408 e. The SMILES string of the molecule is CC(C)(C)OC(=O)N[C@@H](Cc1ccc([N+](=O)[O-])cc1)C(=O)C=[N+]=[N-].CC(C)(C)OC(=O)N[C@@H](Cc1ccc([N+](=O)[O-])cc1)C(=O)O. The molecule has 0 aliphatic rings. The standard InChI is InChI=1S/C15H18N4O5.C14H18N2O6/c1-15(2,3)24-14(21)18-12(13(20)9-17-16)8-10-4-6-11(7-5-10)19(22)23;1-14(2,3)22-13(19)15-11(12(17)18)8-9-4-6-10(7-5-9)16(20)21/h4-7,9,12H,8H2,1-3H3,(H,18,21);4-7,11H,8H2,1-3H3,(H,15,19)(H,17,18)/t12-;11-/m00/s1. The van der Waals surface area contributed by atoms with E-state index in [2.05, 4.69) is 15.4 Å². The maximum absolute atomic E-state index is 11.9. The molecule has 0 fully saturated rings. The third-order valence-electron chi connectivity index (χ3n) is 5.38. The number of hydrogen-bond acceptors (Lipinski definition) is 10. The number of ether oxygens (including phenoxy) is 2. The Bertz CT molecular complexity index is 1460. The Balaban J connectivity index is 0.000000462. The Morgan fingerprint density at radius 2 is 1.13 bits per heavy atom. The van der Waals surface area contributed by atoms with E-state index < -0.39 is 57.1 Å². The molecular formula is C29H36N6O11. The van der Waals surface area contributed by atoms with Crippen molar-refractivity contribution < 1.29 is 48.4 Å². The zero-order chi connectivity index (χ0) is 35.2. The molecule has 0 aromatic heterocycles. The van der Waals surface area contributed by atoms with E-state index in [0.717, 1.165) is 0 Å². The van der Waals surface area contributed by atoms with Crippen molar-refractivity contribution in [2.45, 2.75) is 77.7 Å². The largest absolute Gasteiger partial charge is 0.480 e. The van der Waals surface area contributed by atoms with Crippen LogP contribution in [-0.4, -0.2) is 73.2 Å². The van der Waals surface area contributed by atoms with Crippen molar-refractivity contribution in [1.29, 1.82) is 0 Å². The monoisotopic (exact) mass is 644 g/mol. The van der Waals surface area contributed by atoms with Gasteiger partial charge in [-0.1, -0.05) is 24.3 Å². The number of carboxylic acids is 1. The second kappa shape index (κ2) is 17.0. The molecule has 0 aliphatic carbocycles. The predicted molar refractivity (Wildman–Crippen MR) is 162 cm³/mol. The minimum absolute atomic E-state index is 0.00737. The Hall–Kier alpha value is -5.70. The number of aliphatic carboxylic acids is 1. The van der Waals surface area contributed by atoms with Crippen molar-refractivity contribution in [2.24, 2.45) is 0 Å². The van der Waals surface area contributed by atoms with Crippen molar-refractivity contribution in [2.75, 3.05) is 0 Å². The smallest absolute Gasteiger partial charge is 0.408 e. The molecule has 46 heavy (non-hydrogen) atoms. The van der Waals surface area contributed by atoms with Gasteiger partial charge in [0.25, 0.3) is 17.2 Å². The second-order valence-electron chi connectivity index (χ2n) is 11.6. The summed E-state index contributed by atoms with van der Waals surface area (Å²) in [5.74, 6) is -1.86. The van der Waals surface area contributed by atoms with Crippen LogP contribution in [0.5, 0.6) is 0 Å². The molecule has 0 heterocycles. The first kappa shape index (κ1) is 38.3. The van der Waals surface area contributed by atoms with E-state index in [1.807, 2.05) is 0 Å². The first-order chi connectivity index (χ1) is 21.2. The van der Waals surface area contributed by atoms with E-state index >= 15 is 0 Å². The van der Waals surface area contributed by atoms with Crippen LogP contribution in [0.15, 0.2) is 48.5 Å². The van der Waals surface area contributed by atoms with Gasteiger partial charge >= 0.3 is 24.4 Å². The van der Waals surface area contributed by atoms with Crippen LogP contribution in [0, 0.1) is 20.2 Å². The summed E-state index contributed by atoms with van der Waals surface area (Å²) < 4.78 is 10.1. The van der Waals surface area contributed by atoms with Crippen LogP contribution in [0.2, 0.25) is 0 Å². The molecule has 0 aliphatic heterocycles. The molecule has 0 saturated carbocycles. The van der Waals surface area contributed by atoms with Crippen LogP contribution >= 0.6 is 0 Å². The van der Waals surface area contributed by atoms with E-state index in [9.17, 15) is 39.4 Å². The number of nitro benzene ring substituents is 2. The number of amides is 2. The zero-order valence-electron chi connectivity index (χ0n) is 26.1. The number of carboxylic acid groups (broad SMARTS) is 1. The molecule has 0 radical (unpaired) electrons. The highest BCUT2D eigenvalue weighted by molar-refractivity contribution is 6.28. The summed E-state index contributed by atoms with van der Waals surface area (Å²) in [6.07, 6.45) is -0.904. The van der Waals surface area contributed by atoms with Crippen LogP contribution in [-0.2, 0) is 31.9 Å². The molecule has 2 atom stereocenters. The number of nitrogens with one attached hydrogen (secondary N) is 2. The average Bonchev–Trinajstić information content (AvgIpc) is 2.91. The number of hydrogen-bond donors (Lipinski definition) is 3. The van der Waals surface area contributed by atoms with E-state index in [4.69, 9.17) is 20.1 Å². The van der Waals surface area contributed by atoms with Gasteiger partial charge in [0.2, 0.25) is 0 Å². The zero-order valence-corrected chi connectivity index (χ0v) is 26.1. The maximum atomic E-state index is 11.9. The minimum atomic E-state index is -1.22. The molecule has 0 unspecified atom stereocenters. The van der Waals surface area contributed by atoms with Gasteiger partial charge in [0, 0.05) is 37.1 Å². The lowest BCUT2D eigenvalue weighted by atomic mass is 10.0. The highest BCUT2D eigenvalue weighted by Crippen LogP contribution is 2.15. The van der Waals surface area contributed by atoms with Crippen LogP contribution in [0.1, 0.15) is 52.7 Å². The molecule has 0 saturated heterocycles. The van der Waals surface area contributed by atoms with Gasteiger partial charge in [-0.25, -0.2) is 14.4 Å². The fourth-order valence-corrected chi connectivity index (χ4v) is 3.45. The van der Waals surface area contributed by atoms with Gasteiger partial charge in [-0.2, -0.15) is 4.79 Å². The van der Waals surface area contributed by atoms with Crippen molar-refractivity contribution in [1.82, 2.24) is 10.6 Å². The Labute approximate surface area is 263 Å². The molecule has 2 amide bonds. The van der Waals surface area contributed by atoms with Crippen molar-refractivity contribution in [3.05, 3.63) is 85.4 Å². The van der Waals surface area contributed by atoms with Gasteiger partial charge in [-0.3, -0.25) is 25.0 Å². The summed E-state index contributed by atoms with van der Waals surface area (Å²) >= 11 is 0. The third kappa shape index (κ3) is 15.2. The normalized spacial score (nSPS) is 12.0. The number of carbonyl (C=O) groups is 4. The molecule has 0 spiro atoms. The number of non-ortho nitro benzene ring substituents is 2. The molecule has 2 aromatic carbocycles. The Morgan fingerprint density at radius 3 is 1.43 bits per heavy atom. The number of Topliss-reactive ketones (excluding diaryl/α,β-unsaturated/α-hetero) is 1. The summed E-state index contributed by atoms with van der Waals surface area (Å²) in [7, 11) is 0. The molecule has 17 nitrogen and oxygen atoms in total. The van der Waals surface area contributed by atoms with Gasteiger partial charge in [0.05, 0.1) is 9.85 Å². The topological polar surface area (TPSA) is 254 Å². The van der Waals surface area contributed by atoms with Crippen LogP contribution < -0.4 is 10.6 Å². The fraction of sp³-hybridized carbons (Fsp3) is 0.414. The molecule has 0 bridgehead atoms. The second-order valence-corrected chi connectivity index (χ2v) is 11.6. The number of nitrogens with zero attached hydrogens (tertiary/aromatic N) is 4. The summed E-state index contributed by atoms with van der Waals surface area (Å²) in [5.41, 5.74) is 7.99. The van der Waals surface area contributed by atoms with Crippen molar-refractivity contribution >= 4 is 41.5 Å². The van der Waals surface area contributed by atoms with Gasteiger partial charge in [0.1, 0.15) is 23.3 Å². The van der Waals surface area contributed by atoms with Gasteiger partial charge in [0.15, 0.2) is 0 Å². The van der Waals surface area contributed by atoms with E-state index in [1.165, 1.54) is 48.5 Å². The number of ketones is 1. The number of carbonyl (C=O) groups excluding carboxylic acids is 3. The summed E-state index contributed by atoms with van der Waals surface area (Å²) in [5, 5.41) is 35.0. The highest BCUT2D eigenvalue weighted by Gasteiger charge is 2.26. The fourth-order valence-electron chi connectivity index (χ4n) is 3.45. The van der Waals surface area contributed by atoms with Gasteiger partial charge in [-0.05, 0) is 52.7 Å². The highest BCUT2D eigenvalue weighted by atomic mass is 16.6. The van der Waals surface area contributed by atoms with Crippen molar-refractivity contribution in [3.8, 4) is 0 Å². The number of nitro groups is 2. The van der Waals surface area contributed by atoms with E-state index in [1.54, 1.807) is 41.5 Å². The Morgan fingerprint density at radius 1 is 0.783 bits per heavy atom. The third-order valence-corrected chi connectivity index (χ3v) is 5.38. The lowest BCUT2D eigenvalue weighted by Crippen LogP contribution is -2.45. The first-order valence-corrected chi connectivity index (χ1v) is 13.6. The van der Waals surface area contributed by atoms with E-state index in [-0.39, 0.29) is 24.2 Å². The Kier molecular flexibility index (Phi) is 14.1. The van der Waals surface area contributed by atoms with Crippen LogP contribution in [0.3, 0.4) is 0 Å². The van der Waals surface area contributed by atoms with Crippen LogP contribution in [0.4, 0.5) is 21.0 Å². The summed E-state index contributed by atoms with van der Waals surface area (Å²) in [6.45, 7) is 10.0. The minimum Gasteiger partial charge on any atom is -0.480 e. The van der Waals surface area contributed by atoms with Crippen molar-refractivity contribution in [3.63, 3.8) is 0 Å². The molecule has 17 heteroatoms. The number of benzene rings is 2. The molecule has 2 aromatic rings. The summed E-state index contributed by atoms with van der Waals surface area (Å²) in [4.78, 5) is 69.4. The number of rotatable bonds is 11. The van der Waals surface area contributed by atoms with E-state index in [0.29, 0.717) is 17.3 Å². The van der Waals surface area contributed by atoms with Gasteiger partial charge in [-0.15, -0.1) is 0 Å². The number of alkyl carbamates (subject to hydrolysis) is 2. The van der Waals surface area contributed by atoms with Crippen LogP contribution in [0.25, 0.3) is 5.53 Å².